The van der Waals surface area contributed by atoms with Crippen molar-refractivity contribution >= 4 is 11.7 Å². The normalized spacial score (nSPS) is 23.2. The van der Waals surface area contributed by atoms with Crippen molar-refractivity contribution < 1.29 is 4.79 Å². The first-order valence-electron chi connectivity index (χ1n) is 7.94. The van der Waals surface area contributed by atoms with Crippen LogP contribution in [0.3, 0.4) is 0 Å². The van der Waals surface area contributed by atoms with Gasteiger partial charge in [-0.2, -0.15) is 0 Å². The molecule has 1 unspecified atom stereocenters. The highest BCUT2D eigenvalue weighted by Crippen LogP contribution is 2.25. The Bertz CT molecular complexity index is 499. The van der Waals surface area contributed by atoms with E-state index in [1.54, 1.807) is 6.92 Å². The Morgan fingerprint density at radius 2 is 2.19 bits per heavy atom. The van der Waals surface area contributed by atoms with Crippen LogP contribution < -0.4 is 10.2 Å². The molecule has 114 valence electrons. The lowest BCUT2D eigenvalue weighted by molar-refractivity contribution is -0.128. The summed E-state index contributed by atoms with van der Waals surface area (Å²) < 4.78 is 0. The SMILES string of the molecule is CC(=O)N1CCCN(c2cc(C3CCCN3)ccn2)CC1. The Kier molecular flexibility index (Phi) is 4.39. The molecule has 0 radical (unpaired) electrons. The van der Waals surface area contributed by atoms with E-state index in [4.69, 9.17) is 0 Å². The zero-order valence-corrected chi connectivity index (χ0v) is 12.7. The summed E-state index contributed by atoms with van der Waals surface area (Å²) in [6, 6.07) is 4.81. The third-order valence-corrected chi connectivity index (χ3v) is 4.50. The Morgan fingerprint density at radius 1 is 1.29 bits per heavy atom. The molecule has 0 spiro atoms. The van der Waals surface area contributed by atoms with Crippen molar-refractivity contribution in [3.63, 3.8) is 0 Å². The van der Waals surface area contributed by atoms with Crippen LogP contribution in [-0.2, 0) is 4.79 Å². The number of nitrogens with zero attached hydrogens (tertiary/aromatic N) is 3. The number of carbonyl (C=O) groups excluding carboxylic acids is 1. The Morgan fingerprint density at radius 3 is 2.95 bits per heavy atom. The fourth-order valence-electron chi connectivity index (χ4n) is 3.25. The second-order valence-corrected chi connectivity index (χ2v) is 5.94. The van der Waals surface area contributed by atoms with Crippen LogP contribution in [0, 0.1) is 0 Å². The van der Waals surface area contributed by atoms with Gasteiger partial charge in [0.1, 0.15) is 5.82 Å². The molecule has 0 saturated carbocycles. The van der Waals surface area contributed by atoms with Crippen molar-refractivity contribution in [2.24, 2.45) is 0 Å². The van der Waals surface area contributed by atoms with Gasteiger partial charge < -0.3 is 15.1 Å². The minimum Gasteiger partial charge on any atom is -0.355 e. The van der Waals surface area contributed by atoms with Crippen LogP contribution in [0.25, 0.3) is 0 Å². The van der Waals surface area contributed by atoms with Gasteiger partial charge in [-0.3, -0.25) is 4.79 Å². The second kappa shape index (κ2) is 6.43. The lowest BCUT2D eigenvalue weighted by atomic mass is 10.1. The number of carbonyl (C=O) groups is 1. The maximum atomic E-state index is 11.5. The second-order valence-electron chi connectivity index (χ2n) is 5.94. The van der Waals surface area contributed by atoms with E-state index in [-0.39, 0.29) is 5.91 Å². The van der Waals surface area contributed by atoms with E-state index in [9.17, 15) is 4.79 Å². The van der Waals surface area contributed by atoms with Crippen LogP contribution in [0.1, 0.15) is 37.8 Å². The average molecular weight is 288 g/mol. The number of hydrogen-bond donors (Lipinski definition) is 1. The highest BCUT2D eigenvalue weighted by molar-refractivity contribution is 5.73. The summed E-state index contributed by atoms with van der Waals surface area (Å²) in [5.41, 5.74) is 1.34. The predicted molar refractivity (Wildman–Crippen MR) is 83.3 cm³/mol. The molecule has 0 aliphatic carbocycles. The third kappa shape index (κ3) is 3.35. The van der Waals surface area contributed by atoms with Gasteiger partial charge >= 0.3 is 0 Å². The summed E-state index contributed by atoms with van der Waals surface area (Å²) in [7, 11) is 0. The maximum Gasteiger partial charge on any atom is 0.219 e. The molecule has 0 aromatic carbocycles. The van der Waals surface area contributed by atoms with Crippen molar-refractivity contribution in [2.75, 3.05) is 37.6 Å². The van der Waals surface area contributed by atoms with Crippen molar-refractivity contribution in [1.82, 2.24) is 15.2 Å². The minimum atomic E-state index is 0.175. The van der Waals surface area contributed by atoms with Gasteiger partial charge in [-0.05, 0) is 43.5 Å². The van der Waals surface area contributed by atoms with Gasteiger partial charge in [0.05, 0.1) is 0 Å². The largest absolute Gasteiger partial charge is 0.355 e. The monoisotopic (exact) mass is 288 g/mol. The van der Waals surface area contributed by atoms with E-state index < -0.39 is 0 Å². The number of aromatic nitrogens is 1. The number of nitrogens with one attached hydrogen (secondary N) is 1. The van der Waals surface area contributed by atoms with Gasteiger partial charge in [0, 0.05) is 45.3 Å². The van der Waals surface area contributed by atoms with E-state index in [1.165, 1.54) is 18.4 Å². The quantitative estimate of drug-likeness (QED) is 0.897. The van der Waals surface area contributed by atoms with Crippen LogP contribution in [-0.4, -0.2) is 48.5 Å². The van der Waals surface area contributed by atoms with E-state index in [0.717, 1.165) is 45.0 Å². The minimum absolute atomic E-state index is 0.175. The number of anilines is 1. The van der Waals surface area contributed by atoms with E-state index in [2.05, 4.69) is 27.3 Å². The average Bonchev–Trinajstić information content (AvgIpc) is 2.91. The standard InChI is InChI=1S/C16H24N4O/c1-13(21)19-8-3-9-20(11-10-19)16-12-14(5-7-18-16)15-4-2-6-17-15/h5,7,12,15,17H,2-4,6,8-11H2,1H3. The Labute approximate surface area is 126 Å². The topological polar surface area (TPSA) is 48.5 Å². The maximum absolute atomic E-state index is 11.5. The van der Waals surface area contributed by atoms with E-state index in [1.807, 2.05) is 11.1 Å². The molecule has 1 aromatic heterocycles. The van der Waals surface area contributed by atoms with E-state index >= 15 is 0 Å². The molecular formula is C16H24N4O. The number of pyridine rings is 1. The molecule has 21 heavy (non-hydrogen) atoms. The first-order valence-corrected chi connectivity index (χ1v) is 7.94. The molecule has 1 atom stereocenters. The number of amides is 1. The molecule has 1 amide bonds. The van der Waals surface area contributed by atoms with Crippen LogP contribution in [0.5, 0.6) is 0 Å². The smallest absolute Gasteiger partial charge is 0.219 e. The first-order chi connectivity index (χ1) is 10.2. The summed E-state index contributed by atoms with van der Waals surface area (Å²) in [4.78, 5) is 20.3. The molecule has 2 saturated heterocycles. The zero-order chi connectivity index (χ0) is 14.7. The van der Waals surface area contributed by atoms with Crippen LogP contribution in [0.15, 0.2) is 18.3 Å². The predicted octanol–water partition coefficient (Wildman–Crippen LogP) is 1.56. The lowest BCUT2D eigenvalue weighted by Crippen LogP contribution is -2.33. The molecule has 2 fully saturated rings. The van der Waals surface area contributed by atoms with Gasteiger partial charge in [0.15, 0.2) is 0 Å². The Balaban J connectivity index is 1.71. The van der Waals surface area contributed by atoms with Gasteiger partial charge in [-0.25, -0.2) is 4.98 Å². The van der Waals surface area contributed by atoms with Gasteiger partial charge in [-0.1, -0.05) is 0 Å². The fraction of sp³-hybridized carbons (Fsp3) is 0.625. The van der Waals surface area contributed by atoms with Gasteiger partial charge in [-0.15, -0.1) is 0 Å². The molecular weight excluding hydrogens is 264 g/mol. The van der Waals surface area contributed by atoms with Crippen molar-refractivity contribution in [3.8, 4) is 0 Å². The summed E-state index contributed by atoms with van der Waals surface area (Å²) >= 11 is 0. The van der Waals surface area contributed by atoms with Crippen LogP contribution in [0.4, 0.5) is 5.82 Å². The van der Waals surface area contributed by atoms with Crippen molar-refractivity contribution in [1.29, 1.82) is 0 Å². The van der Waals surface area contributed by atoms with Crippen LogP contribution >= 0.6 is 0 Å². The third-order valence-electron chi connectivity index (χ3n) is 4.50. The summed E-state index contributed by atoms with van der Waals surface area (Å²) in [6.07, 6.45) is 5.38. The lowest BCUT2D eigenvalue weighted by Gasteiger charge is -2.23. The molecule has 5 heteroatoms. The highest BCUT2D eigenvalue weighted by Gasteiger charge is 2.20. The molecule has 5 nitrogen and oxygen atoms in total. The summed E-state index contributed by atoms with van der Waals surface area (Å²) in [6.45, 7) is 6.25. The fourth-order valence-corrected chi connectivity index (χ4v) is 3.25. The van der Waals surface area contributed by atoms with Crippen molar-refractivity contribution in [2.45, 2.75) is 32.2 Å². The molecule has 3 heterocycles. The molecule has 2 aliphatic heterocycles. The molecule has 3 rings (SSSR count). The van der Waals surface area contributed by atoms with Crippen molar-refractivity contribution in [3.05, 3.63) is 23.9 Å². The van der Waals surface area contributed by atoms with Gasteiger partial charge in [0.25, 0.3) is 0 Å². The molecule has 2 aliphatic rings. The summed E-state index contributed by atoms with van der Waals surface area (Å²) in [5, 5.41) is 3.54. The Hall–Kier alpha value is -1.62. The first kappa shape index (κ1) is 14.3. The summed E-state index contributed by atoms with van der Waals surface area (Å²) in [5.74, 6) is 1.22. The number of rotatable bonds is 2. The van der Waals surface area contributed by atoms with E-state index in [0.29, 0.717) is 6.04 Å². The molecule has 0 bridgehead atoms. The molecule has 1 aromatic rings. The zero-order valence-electron chi connectivity index (χ0n) is 12.7. The van der Waals surface area contributed by atoms with Gasteiger partial charge in [0.2, 0.25) is 5.91 Å². The highest BCUT2D eigenvalue weighted by atomic mass is 16.2. The van der Waals surface area contributed by atoms with Crippen LogP contribution in [0.2, 0.25) is 0 Å². The number of hydrogen-bond acceptors (Lipinski definition) is 4. The molecule has 1 N–H and O–H groups in total.